The molecule has 1 aliphatic carbocycles. The number of halogens is 1. The van der Waals surface area contributed by atoms with E-state index in [0.29, 0.717) is 32.0 Å². The Morgan fingerprint density at radius 2 is 1.77 bits per heavy atom. The lowest BCUT2D eigenvalue weighted by Crippen LogP contribution is -2.26. The number of hydrogen-bond acceptors (Lipinski definition) is 6. The number of pyridine rings is 1. The van der Waals surface area contributed by atoms with Crippen molar-refractivity contribution in [3.8, 4) is 11.1 Å². The third-order valence-electron chi connectivity index (χ3n) is 7.42. The highest BCUT2D eigenvalue weighted by Gasteiger charge is 2.32. The van der Waals surface area contributed by atoms with Crippen LogP contribution in [-0.4, -0.2) is 42.2 Å². The summed E-state index contributed by atoms with van der Waals surface area (Å²) in [6.07, 6.45) is 10.9. The van der Waals surface area contributed by atoms with E-state index in [2.05, 4.69) is 18.7 Å². The van der Waals surface area contributed by atoms with Gasteiger partial charge in [-0.1, -0.05) is 58.1 Å². The lowest BCUT2D eigenvalue weighted by molar-refractivity contribution is -0.157. The maximum atomic E-state index is 14.0. The zero-order valence-electron chi connectivity index (χ0n) is 30.5. The van der Waals surface area contributed by atoms with Crippen LogP contribution in [0.3, 0.4) is 0 Å². The van der Waals surface area contributed by atoms with Gasteiger partial charge in [-0.2, -0.15) is 0 Å². The molecule has 3 heterocycles. The highest BCUT2D eigenvalue weighted by Crippen LogP contribution is 2.46. The van der Waals surface area contributed by atoms with E-state index in [0.717, 1.165) is 52.1 Å². The summed E-state index contributed by atoms with van der Waals surface area (Å²) in [5, 5.41) is 0. The van der Waals surface area contributed by atoms with E-state index < -0.39 is 11.9 Å². The van der Waals surface area contributed by atoms with Gasteiger partial charge < -0.3 is 18.9 Å². The lowest BCUT2D eigenvalue weighted by atomic mass is 9.88. The summed E-state index contributed by atoms with van der Waals surface area (Å²) in [5.41, 5.74) is 6.68. The number of ether oxygens (including phenoxy) is 4. The van der Waals surface area contributed by atoms with E-state index in [-0.39, 0.29) is 30.2 Å². The standard InChI is InChI=1S/C33H40FNO5.C3H6.2C2H6/c1-20-18-37-15-14-28-30(23-8-10-25(34)11-9-23)27(32(24-6-7-24)35-31(20)28)13-12-26-16-22(19-38-21(2)39-26)17-29(36)40-33(3,4)5;1-3-2;2*1-2/h8-13,18,21-22,24,26H,6-7,14-17,19H2,1-5H3;3H,1H2,2H3;2*1-2H3/b13-12+;;;/t21?,22-,26-;;;/m1.../s1. The van der Waals surface area contributed by atoms with E-state index in [1.807, 2.05) is 81.4 Å². The Hall–Kier alpha value is -3.29. The van der Waals surface area contributed by atoms with E-state index in [1.54, 1.807) is 12.3 Å². The van der Waals surface area contributed by atoms with Crippen molar-refractivity contribution >= 4 is 17.6 Å². The summed E-state index contributed by atoms with van der Waals surface area (Å²) in [5.74, 6) is -0.129. The zero-order valence-corrected chi connectivity index (χ0v) is 30.5. The van der Waals surface area contributed by atoms with Crippen LogP contribution >= 0.6 is 0 Å². The molecule has 0 amide bonds. The van der Waals surface area contributed by atoms with Crippen molar-refractivity contribution in [3.05, 3.63) is 77.6 Å². The normalized spacial score (nSPS) is 20.6. The molecule has 7 heteroatoms. The molecule has 47 heavy (non-hydrogen) atoms. The van der Waals surface area contributed by atoms with Crippen LogP contribution in [0.4, 0.5) is 4.39 Å². The smallest absolute Gasteiger partial charge is 0.306 e. The maximum absolute atomic E-state index is 14.0. The largest absolute Gasteiger partial charge is 0.500 e. The van der Waals surface area contributed by atoms with Gasteiger partial charge in [-0.3, -0.25) is 9.78 Å². The van der Waals surface area contributed by atoms with Crippen LogP contribution in [0.5, 0.6) is 0 Å². The van der Waals surface area contributed by atoms with Crippen molar-refractivity contribution in [1.29, 1.82) is 0 Å². The summed E-state index contributed by atoms with van der Waals surface area (Å²) in [4.78, 5) is 17.8. The monoisotopic (exact) mass is 651 g/mol. The quantitative estimate of drug-likeness (QED) is 0.229. The third-order valence-corrected chi connectivity index (χ3v) is 7.42. The van der Waals surface area contributed by atoms with Gasteiger partial charge in [-0.15, -0.1) is 6.58 Å². The number of hydrogen-bond donors (Lipinski definition) is 0. The third kappa shape index (κ3) is 12.3. The molecular weight excluding hydrogens is 593 g/mol. The number of nitrogens with zero attached hydrogens (tertiary/aromatic N) is 1. The van der Waals surface area contributed by atoms with Crippen LogP contribution in [-0.2, 0) is 30.2 Å². The minimum atomic E-state index is -0.529. The van der Waals surface area contributed by atoms with Crippen LogP contribution in [0.1, 0.15) is 123 Å². The van der Waals surface area contributed by atoms with E-state index >= 15 is 0 Å². The molecule has 5 rings (SSSR count). The van der Waals surface area contributed by atoms with Gasteiger partial charge in [0.05, 0.1) is 43.4 Å². The zero-order chi connectivity index (χ0) is 35.1. The predicted octanol–water partition coefficient (Wildman–Crippen LogP) is 10.5. The fraction of sp³-hybridized carbons (Fsp3) is 0.550. The summed E-state index contributed by atoms with van der Waals surface area (Å²) in [6.45, 7) is 23.8. The average Bonchev–Trinajstić information content (AvgIpc) is 3.90. The summed E-state index contributed by atoms with van der Waals surface area (Å²) in [6, 6.07) is 6.71. The first-order valence-corrected chi connectivity index (χ1v) is 17.3. The lowest BCUT2D eigenvalue weighted by Gasteiger charge is -2.22. The molecule has 0 N–H and O–H groups in total. The van der Waals surface area contributed by atoms with E-state index in [9.17, 15) is 9.18 Å². The van der Waals surface area contributed by atoms with Crippen molar-refractivity contribution in [2.24, 2.45) is 5.92 Å². The topological polar surface area (TPSA) is 66.9 Å². The van der Waals surface area contributed by atoms with Gasteiger partial charge in [0.2, 0.25) is 0 Å². The second-order valence-corrected chi connectivity index (χ2v) is 12.6. The molecule has 0 radical (unpaired) electrons. The molecule has 2 fully saturated rings. The van der Waals surface area contributed by atoms with Gasteiger partial charge in [0.15, 0.2) is 6.29 Å². The summed E-state index contributed by atoms with van der Waals surface area (Å²) >= 11 is 0. The molecule has 1 saturated heterocycles. The predicted molar refractivity (Wildman–Crippen MR) is 191 cm³/mol. The van der Waals surface area contributed by atoms with Gasteiger partial charge in [0.25, 0.3) is 0 Å². The first-order valence-electron chi connectivity index (χ1n) is 17.3. The molecule has 3 aliphatic rings. The highest BCUT2D eigenvalue weighted by molar-refractivity contribution is 5.84. The summed E-state index contributed by atoms with van der Waals surface area (Å²) < 4.78 is 37.4. The molecule has 6 nitrogen and oxygen atoms in total. The van der Waals surface area contributed by atoms with Crippen molar-refractivity contribution in [3.63, 3.8) is 0 Å². The molecule has 3 atom stereocenters. The van der Waals surface area contributed by atoms with Crippen molar-refractivity contribution in [2.45, 2.75) is 125 Å². The first-order chi connectivity index (χ1) is 22.5. The molecule has 1 saturated carbocycles. The molecule has 1 unspecified atom stereocenters. The Kier molecular flexibility index (Phi) is 16.6. The number of esters is 1. The Labute approximate surface area is 283 Å². The molecule has 2 aliphatic heterocycles. The maximum Gasteiger partial charge on any atom is 0.306 e. The van der Waals surface area contributed by atoms with Crippen LogP contribution in [0.15, 0.2) is 49.3 Å². The van der Waals surface area contributed by atoms with E-state index in [4.69, 9.17) is 23.9 Å². The van der Waals surface area contributed by atoms with Crippen LogP contribution in [0.2, 0.25) is 0 Å². The fourth-order valence-corrected chi connectivity index (χ4v) is 5.51. The minimum Gasteiger partial charge on any atom is -0.500 e. The van der Waals surface area contributed by atoms with Gasteiger partial charge in [0, 0.05) is 23.5 Å². The van der Waals surface area contributed by atoms with E-state index in [1.165, 1.54) is 12.1 Å². The van der Waals surface area contributed by atoms with Gasteiger partial charge >= 0.3 is 5.97 Å². The number of fused-ring (bicyclic) bond motifs is 1. The molecule has 2 aromatic rings. The molecule has 1 aromatic heterocycles. The Balaban J connectivity index is 0.00000102. The number of allylic oxidation sites excluding steroid dienone is 2. The molecule has 1 aromatic carbocycles. The first kappa shape index (κ1) is 39.9. The van der Waals surface area contributed by atoms with Crippen LogP contribution in [0, 0.1) is 11.7 Å². The number of benzene rings is 1. The van der Waals surface area contributed by atoms with Crippen molar-refractivity contribution < 1.29 is 28.1 Å². The Bertz CT molecular complexity index is 1340. The minimum absolute atomic E-state index is 0.0240. The molecule has 260 valence electrons. The van der Waals surface area contributed by atoms with Gasteiger partial charge in [-0.05, 0) is 95.5 Å². The SMILES string of the molecule is C=CC.CC.CC.CC1=COCCc2c1nc(C1CC1)c(/C=C/[C@@H]1C[C@H](CC(=O)OC(C)(C)C)COC(C)O1)c2-c1ccc(F)cc1. The van der Waals surface area contributed by atoms with Crippen molar-refractivity contribution in [2.75, 3.05) is 13.2 Å². The molecule has 0 spiro atoms. The van der Waals surface area contributed by atoms with Gasteiger partial charge in [0.1, 0.15) is 11.4 Å². The van der Waals surface area contributed by atoms with Gasteiger partial charge in [-0.25, -0.2) is 4.39 Å². The Morgan fingerprint density at radius 1 is 1.13 bits per heavy atom. The number of rotatable bonds is 6. The molecular formula is C40H58FNO5. The van der Waals surface area contributed by atoms with Crippen molar-refractivity contribution in [1.82, 2.24) is 4.98 Å². The second-order valence-electron chi connectivity index (χ2n) is 12.6. The highest BCUT2D eigenvalue weighted by atomic mass is 19.1. The number of carbonyl (C=O) groups is 1. The Morgan fingerprint density at radius 3 is 2.36 bits per heavy atom. The average molecular weight is 652 g/mol. The summed E-state index contributed by atoms with van der Waals surface area (Å²) in [7, 11) is 0. The van der Waals surface area contributed by atoms with Crippen LogP contribution in [0.25, 0.3) is 22.8 Å². The number of aromatic nitrogens is 1. The fourth-order valence-electron chi connectivity index (χ4n) is 5.51. The second kappa shape index (κ2) is 19.5. The number of carbonyl (C=O) groups excluding carboxylic acids is 1. The molecule has 0 bridgehead atoms. The van der Waals surface area contributed by atoms with Crippen LogP contribution < -0.4 is 0 Å².